The predicted molar refractivity (Wildman–Crippen MR) is 220 cm³/mol. The van der Waals surface area contributed by atoms with E-state index in [1.165, 1.54) is 6.33 Å². The minimum Gasteiger partial charge on any atom is -0.497 e. The minimum atomic E-state index is -1.34. The van der Waals surface area contributed by atoms with Gasteiger partial charge in [0.15, 0.2) is 17.4 Å². The Morgan fingerprint density at radius 1 is 0.804 bits per heavy atom. The predicted octanol–water partition coefficient (Wildman–Crippen LogP) is 8.18. The van der Waals surface area contributed by atoms with Gasteiger partial charge in [-0.2, -0.15) is 4.98 Å². The maximum Gasteiger partial charge on any atom is 0.245 e. The van der Waals surface area contributed by atoms with Gasteiger partial charge in [-0.25, -0.2) is 9.97 Å². The van der Waals surface area contributed by atoms with Gasteiger partial charge in [0.05, 0.1) is 40.4 Å². The van der Waals surface area contributed by atoms with E-state index in [0.29, 0.717) is 23.7 Å². The van der Waals surface area contributed by atoms with Gasteiger partial charge >= 0.3 is 0 Å². The van der Waals surface area contributed by atoms with Gasteiger partial charge in [0.25, 0.3) is 0 Å². The molecule has 0 aliphatic carbocycles. The van der Waals surface area contributed by atoms with E-state index >= 15 is 0 Å². The molecule has 1 aliphatic rings. The first kappa shape index (κ1) is 39.6. The highest BCUT2D eigenvalue weighted by molar-refractivity contribution is 9.10. The van der Waals surface area contributed by atoms with Crippen molar-refractivity contribution < 1.29 is 33.5 Å². The van der Waals surface area contributed by atoms with Gasteiger partial charge in [-0.3, -0.25) is 4.57 Å². The third-order valence-electron chi connectivity index (χ3n) is 10.00. The zero-order chi connectivity index (χ0) is 39.3. The second-order valence-corrected chi connectivity index (χ2v) is 21.5. The molecule has 2 aromatic heterocycles. The third-order valence-corrected chi connectivity index (χ3v) is 12.2. The zero-order valence-electron chi connectivity index (χ0n) is 32.2. The lowest BCUT2D eigenvalue weighted by Crippen LogP contribution is -2.40. The number of nitrogens with zero attached hydrogens (tertiary/aromatic N) is 4. The number of fused-ring (bicyclic) bond motifs is 1. The molecule has 0 saturated carbocycles. The molecule has 4 atom stereocenters. The molecule has 1 aliphatic heterocycles. The summed E-state index contributed by atoms with van der Waals surface area (Å²) in [6.07, 6.45) is -0.430. The molecule has 3 heterocycles. The summed E-state index contributed by atoms with van der Waals surface area (Å²) in [5.41, 5.74) is 3.45. The Hall–Kier alpha value is -4.63. The van der Waals surface area contributed by atoms with Crippen LogP contribution in [0, 0.1) is 0 Å². The van der Waals surface area contributed by atoms with Crippen molar-refractivity contribution in [1.29, 1.82) is 0 Å². The number of aliphatic hydroxyl groups excluding tert-OH is 1. The second-order valence-electron chi connectivity index (χ2n) is 14.9. The van der Waals surface area contributed by atoms with E-state index in [1.807, 2.05) is 103 Å². The summed E-state index contributed by atoms with van der Waals surface area (Å²) in [6, 6.07) is 34.5. The van der Waals surface area contributed by atoms with Gasteiger partial charge in [-0.15, -0.1) is 0 Å². The van der Waals surface area contributed by atoms with Gasteiger partial charge in [-0.05, 0) is 64.7 Å². The number of hydrogen-bond donors (Lipinski definition) is 1. The van der Waals surface area contributed by atoms with Crippen molar-refractivity contribution in [2.24, 2.45) is 0 Å². The smallest absolute Gasteiger partial charge is 0.245 e. The molecule has 13 heteroatoms. The fourth-order valence-corrected chi connectivity index (χ4v) is 7.87. The molecule has 4 aromatic carbocycles. The lowest BCUT2D eigenvalue weighted by atomic mass is 9.80. The Labute approximate surface area is 336 Å². The van der Waals surface area contributed by atoms with Crippen LogP contribution in [-0.4, -0.2) is 78.4 Å². The molecule has 7 rings (SSSR count). The summed E-state index contributed by atoms with van der Waals surface area (Å²) >= 11 is 3.51. The average Bonchev–Trinajstić information content (AvgIpc) is 3.79. The Morgan fingerprint density at radius 2 is 1.43 bits per heavy atom. The van der Waals surface area contributed by atoms with E-state index in [2.05, 4.69) is 50.5 Å². The second kappa shape index (κ2) is 17.2. The number of aromatic nitrogens is 4. The zero-order valence-corrected chi connectivity index (χ0v) is 34.8. The van der Waals surface area contributed by atoms with E-state index in [4.69, 9.17) is 28.4 Å². The van der Waals surface area contributed by atoms with E-state index in [-0.39, 0.29) is 13.2 Å². The highest BCUT2D eigenvalue weighted by Gasteiger charge is 2.48. The van der Waals surface area contributed by atoms with Gasteiger partial charge in [0.2, 0.25) is 5.88 Å². The van der Waals surface area contributed by atoms with Crippen LogP contribution in [0.4, 0.5) is 0 Å². The summed E-state index contributed by atoms with van der Waals surface area (Å²) in [6.45, 7) is 7.68. The number of imidazole rings is 1. The van der Waals surface area contributed by atoms with Crippen molar-refractivity contribution in [2.75, 3.05) is 27.4 Å². The molecule has 1 N–H and O–H groups in total. The summed E-state index contributed by atoms with van der Waals surface area (Å²) in [5, 5.41) is 12.1. The van der Waals surface area contributed by atoms with E-state index in [0.717, 1.165) is 44.3 Å². The van der Waals surface area contributed by atoms with E-state index in [9.17, 15) is 5.11 Å². The van der Waals surface area contributed by atoms with Crippen LogP contribution in [-0.2, 0) is 26.4 Å². The van der Waals surface area contributed by atoms with Gasteiger partial charge in [0.1, 0.15) is 41.7 Å². The van der Waals surface area contributed by atoms with Crippen molar-refractivity contribution in [1.82, 2.24) is 19.5 Å². The molecule has 11 nitrogen and oxygen atoms in total. The van der Waals surface area contributed by atoms with Crippen LogP contribution in [0.5, 0.6) is 17.4 Å². The quantitative estimate of drug-likeness (QED) is 0.0756. The van der Waals surface area contributed by atoms with Crippen molar-refractivity contribution in [3.8, 4) is 17.4 Å². The van der Waals surface area contributed by atoms with Crippen molar-refractivity contribution in [3.05, 3.63) is 143 Å². The van der Waals surface area contributed by atoms with Crippen LogP contribution >= 0.6 is 15.9 Å². The largest absolute Gasteiger partial charge is 0.497 e. The molecule has 0 radical (unpaired) electrons. The van der Waals surface area contributed by atoms with Crippen molar-refractivity contribution >= 4 is 35.2 Å². The maximum atomic E-state index is 12.1. The van der Waals surface area contributed by atoms with Gasteiger partial charge in [-0.1, -0.05) is 102 Å². The van der Waals surface area contributed by atoms with Crippen LogP contribution < -0.4 is 14.2 Å². The van der Waals surface area contributed by atoms with Gasteiger partial charge in [0, 0.05) is 12.5 Å². The molecular weight excluding hydrogens is 792 g/mol. The number of aliphatic hydroxyl groups is 1. The van der Waals surface area contributed by atoms with Crippen LogP contribution in [0.2, 0.25) is 25.7 Å². The molecule has 1 fully saturated rings. The first-order valence-corrected chi connectivity index (χ1v) is 23.1. The summed E-state index contributed by atoms with van der Waals surface area (Å²) in [7, 11) is 1.94. The molecule has 0 bridgehead atoms. The Bertz CT molecular complexity index is 2130. The van der Waals surface area contributed by atoms with E-state index < -0.39 is 38.2 Å². The fourth-order valence-electron chi connectivity index (χ4n) is 6.89. The van der Waals surface area contributed by atoms with Crippen molar-refractivity contribution in [3.63, 3.8) is 0 Å². The molecule has 0 unspecified atom stereocenters. The highest BCUT2D eigenvalue weighted by Crippen LogP contribution is 2.43. The average molecular weight is 840 g/mol. The summed E-state index contributed by atoms with van der Waals surface area (Å²) in [5.74, 6) is 1.84. The van der Waals surface area contributed by atoms with Crippen LogP contribution in [0.25, 0.3) is 11.2 Å². The number of methoxy groups -OCH3 is 2. The van der Waals surface area contributed by atoms with Crippen LogP contribution in [0.1, 0.15) is 28.5 Å². The topological polar surface area (TPSA) is 119 Å². The molecule has 0 amide bonds. The molecule has 0 spiro atoms. The van der Waals surface area contributed by atoms with Gasteiger partial charge < -0.3 is 33.5 Å². The summed E-state index contributed by atoms with van der Waals surface area (Å²) < 4.78 is 40.4. The lowest BCUT2D eigenvalue weighted by molar-refractivity contribution is -0.0968. The molecule has 1 saturated heterocycles. The number of ether oxygens (including phenoxy) is 6. The lowest BCUT2D eigenvalue weighted by Gasteiger charge is -2.37. The fraction of sp³-hybridized carbons (Fsp3) is 0.326. The number of rotatable bonds is 16. The molecular formula is C43H47BrN4O7Si. The van der Waals surface area contributed by atoms with Crippen LogP contribution in [0.15, 0.2) is 120 Å². The first-order valence-electron chi connectivity index (χ1n) is 18.6. The molecule has 56 heavy (non-hydrogen) atoms. The Kier molecular flexibility index (Phi) is 12.2. The molecule has 292 valence electrons. The maximum absolute atomic E-state index is 12.1. The summed E-state index contributed by atoms with van der Waals surface area (Å²) in [4.78, 5) is 13.7. The SMILES string of the molecule is COc1ccc(C(OC[C@H]2O[C@@H](n3cnc4c(OCC[Si](C)(C)C)ncnc43)[C@H](OCc3ccc(Br)cc3)[C@@H]2O)(c2ccccc2)c2ccc(OC)cc2)cc1. The van der Waals surface area contributed by atoms with Crippen molar-refractivity contribution in [2.45, 2.75) is 62.4 Å². The Balaban J connectivity index is 1.25. The molecule has 6 aromatic rings. The highest BCUT2D eigenvalue weighted by atomic mass is 79.9. The third kappa shape index (κ3) is 8.53. The number of halogens is 1. The van der Waals surface area contributed by atoms with E-state index in [1.54, 1.807) is 25.1 Å². The first-order chi connectivity index (χ1) is 27.1. The monoisotopic (exact) mass is 838 g/mol. The standard InChI is InChI=1S/C43H47BrN4O7Si/c1-50-34-19-13-31(14-20-34)43(30-9-7-6-8-10-30,32-15-21-35(51-2)22-16-32)54-26-36-38(49)39(53-25-29-11-17-33(44)18-12-29)42(55-36)48-28-47-37-40(48)45-27-46-41(37)52-23-24-56(3,4)5/h6-22,27-28,36,38-39,42,49H,23-26H2,1-5H3/t36-,38-,39-,42-/m1/s1. The Morgan fingerprint density at radius 3 is 2.04 bits per heavy atom. The van der Waals surface area contributed by atoms with Crippen LogP contribution in [0.3, 0.4) is 0 Å². The number of benzene rings is 4. The normalized spacial score (nSPS) is 18.6. The minimum absolute atomic E-state index is 0.00453. The number of hydrogen-bond acceptors (Lipinski definition) is 10.